The van der Waals surface area contributed by atoms with Crippen LogP contribution >= 0.6 is 0 Å². The number of benzene rings is 1. The molecule has 8 nitrogen and oxygen atoms in total. The van der Waals surface area contributed by atoms with Crippen LogP contribution in [0.1, 0.15) is 12.5 Å². The van der Waals surface area contributed by atoms with E-state index in [1.54, 1.807) is 0 Å². The highest BCUT2D eigenvalue weighted by Gasteiger charge is 2.46. The fraction of sp³-hybridized carbons (Fsp3) is 0.333. The van der Waals surface area contributed by atoms with Gasteiger partial charge in [0.1, 0.15) is 0 Å². The third kappa shape index (κ3) is 3.29. The first-order chi connectivity index (χ1) is 9.31. The molecule has 1 rings (SSSR count). The molecule has 0 unspecified atom stereocenters. The summed E-state index contributed by atoms with van der Waals surface area (Å²) < 4.78 is 4.52. The summed E-state index contributed by atoms with van der Waals surface area (Å²) in [6.45, 7) is 1.40. The van der Waals surface area contributed by atoms with E-state index in [1.165, 1.54) is 19.1 Å². The second-order valence-electron chi connectivity index (χ2n) is 3.99. The molecule has 0 saturated carbocycles. The van der Waals surface area contributed by atoms with E-state index < -0.39 is 28.9 Å². The van der Waals surface area contributed by atoms with E-state index in [-0.39, 0.29) is 17.9 Å². The highest BCUT2D eigenvalue weighted by Crippen LogP contribution is 2.19. The summed E-state index contributed by atoms with van der Waals surface area (Å²) in [6, 6.07) is 4.85. The molecule has 0 aromatic heterocycles. The molecule has 0 saturated heterocycles. The number of aliphatic hydroxyl groups is 1. The molecular formula is C12H13NO7. The van der Waals surface area contributed by atoms with Crippen molar-refractivity contribution in [3.8, 4) is 0 Å². The van der Waals surface area contributed by atoms with Crippen LogP contribution in [-0.4, -0.2) is 39.3 Å². The number of hydrogen-bond donors (Lipinski definition) is 2. The minimum absolute atomic E-state index is 0.0747. The topological polar surface area (TPSA) is 127 Å². The minimum atomic E-state index is -2.72. The van der Waals surface area contributed by atoms with Gasteiger partial charge in [0.25, 0.3) is 11.3 Å². The highest BCUT2D eigenvalue weighted by atomic mass is 16.6. The van der Waals surface area contributed by atoms with Gasteiger partial charge >= 0.3 is 11.9 Å². The summed E-state index contributed by atoms with van der Waals surface area (Å²) in [5.41, 5.74) is -2.64. The van der Waals surface area contributed by atoms with E-state index in [4.69, 9.17) is 5.11 Å². The molecule has 0 amide bonds. The molecule has 0 radical (unpaired) electrons. The van der Waals surface area contributed by atoms with Crippen LogP contribution in [0.15, 0.2) is 24.3 Å². The fourth-order valence-corrected chi connectivity index (χ4v) is 1.52. The van der Waals surface area contributed by atoms with Crippen molar-refractivity contribution in [1.82, 2.24) is 0 Å². The number of carbonyl (C=O) groups is 2. The Morgan fingerprint density at radius 1 is 1.35 bits per heavy atom. The minimum Gasteiger partial charge on any atom is -0.479 e. The van der Waals surface area contributed by atoms with E-state index >= 15 is 0 Å². The van der Waals surface area contributed by atoms with Crippen molar-refractivity contribution in [3.63, 3.8) is 0 Å². The van der Waals surface area contributed by atoms with Crippen LogP contribution < -0.4 is 0 Å². The molecule has 0 heterocycles. The van der Waals surface area contributed by atoms with Gasteiger partial charge in [-0.25, -0.2) is 9.59 Å². The molecule has 1 atom stereocenters. The van der Waals surface area contributed by atoms with Crippen LogP contribution in [0.25, 0.3) is 0 Å². The van der Waals surface area contributed by atoms with Gasteiger partial charge in [-0.15, -0.1) is 0 Å². The smallest absolute Gasteiger partial charge is 0.350 e. The molecule has 0 fully saturated rings. The molecule has 2 N–H and O–H groups in total. The molecule has 0 bridgehead atoms. The van der Waals surface area contributed by atoms with E-state index in [0.29, 0.717) is 0 Å². The van der Waals surface area contributed by atoms with Crippen molar-refractivity contribution >= 4 is 17.6 Å². The van der Waals surface area contributed by atoms with Gasteiger partial charge in [0.2, 0.25) is 0 Å². The monoisotopic (exact) mass is 283 g/mol. The number of rotatable bonds is 6. The SMILES string of the molecule is CCOC(=O)[C@](O)(Cc1ccc([N+](=O)[O-])cc1)C(=O)O. The maximum Gasteiger partial charge on any atom is 0.350 e. The van der Waals surface area contributed by atoms with Gasteiger partial charge in [0.05, 0.1) is 11.5 Å². The van der Waals surface area contributed by atoms with Crippen molar-refractivity contribution in [2.45, 2.75) is 18.9 Å². The average Bonchev–Trinajstić information content (AvgIpc) is 2.39. The predicted octanol–water partition coefficient (Wildman–Crippen LogP) is 0.516. The Kier molecular flexibility index (Phi) is 4.76. The molecule has 0 aliphatic heterocycles. The van der Waals surface area contributed by atoms with Gasteiger partial charge in [-0.3, -0.25) is 10.1 Å². The second-order valence-corrected chi connectivity index (χ2v) is 3.99. The molecule has 108 valence electrons. The number of nitrogens with zero attached hydrogens (tertiary/aromatic N) is 1. The van der Waals surface area contributed by atoms with Crippen molar-refractivity contribution in [1.29, 1.82) is 0 Å². The molecular weight excluding hydrogens is 270 g/mol. The molecule has 20 heavy (non-hydrogen) atoms. The lowest BCUT2D eigenvalue weighted by Crippen LogP contribution is -2.49. The Hall–Kier alpha value is -2.48. The lowest BCUT2D eigenvalue weighted by molar-refractivity contribution is -0.384. The highest BCUT2D eigenvalue weighted by molar-refractivity contribution is 6.02. The summed E-state index contributed by atoms with van der Waals surface area (Å²) in [5.74, 6) is -3.01. The van der Waals surface area contributed by atoms with E-state index in [0.717, 1.165) is 12.1 Å². The number of nitro benzene ring substituents is 1. The number of carboxylic acids is 1. The lowest BCUT2D eigenvalue weighted by atomic mass is 9.94. The van der Waals surface area contributed by atoms with Gasteiger partial charge in [-0.1, -0.05) is 12.1 Å². The van der Waals surface area contributed by atoms with Crippen LogP contribution in [-0.2, 0) is 20.7 Å². The van der Waals surface area contributed by atoms with Crippen molar-refractivity contribution < 1.29 is 29.5 Å². The Morgan fingerprint density at radius 2 is 1.90 bits per heavy atom. The van der Waals surface area contributed by atoms with Crippen molar-refractivity contribution in [3.05, 3.63) is 39.9 Å². The molecule has 0 spiro atoms. The zero-order valence-electron chi connectivity index (χ0n) is 10.6. The first-order valence-corrected chi connectivity index (χ1v) is 5.67. The summed E-state index contributed by atoms with van der Waals surface area (Å²) >= 11 is 0. The average molecular weight is 283 g/mol. The number of carboxylic acid groups (broad SMARTS) is 1. The van der Waals surface area contributed by atoms with Crippen LogP contribution in [0.4, 0.5) is 5.69 Å². The normalized spacial score (nSPS) is 13.3. The van der Waals surface area contributed by atoms with Crippen LogP contribution in [0, 0.1) is 10.1 Å². The van der Waals surface area contributed by atoms with Crippen LogP contribution in [0.5, 0.6) is 0 Å². The number of hydrogen-bond acceptors (Lipinski definition) is 6. The zero-order valence-corrected chi connectivity index (χ0v) is 10.6. The molecule has 0 aliphatic carbocycles. The maximum atomic E-state index is 11.5. The fourth-order valence-electron chi connectivity index (χ4n) is 1.52. The summed E-state index contributed by atoms with van der Waals surface area (Å²) in [4.78, 5) is 32.5. The number of nitro groups is 1. The van der Waals surface area contributed by atoms with Crippen molar-refractivity contribution in [2.75, 3.05) is 6.61 Å². The first-order valence-electron chi connectivity index (χ1n) is 5.67. The second kappa shape index (κ2) is 6.11. The third-order valence-electron chi connectivity index (χ3n) is 2.57. The molecule has 1 aromatic carbocycles. The van der Waals surface area contributed by atoms with Crippen molar-refractivity contribution in [2.24, 2.45) is 0 Å². The van der Waals surface area contributed by atoms with Crippen LogP contribution in [0.2, 0.25) is 0 Å². The van der Waals surface area contributed by atoms with Crippen LogP contribution in [0.3, 0.4) is 0 Å². The number of ether oxygens (including phenoxy) is 1. The lowest BCUT2D eigenvalue weighted by Gasteiger charge is -2.21. The molecule has 8 heteroatoms. The Labute approximate surface area is 113 Å². The Morgan fingerprint density at radius 3 is 2.30 bits per heavy atom. The largest absolute Gasteiger partial charge is 0.479 e. The molecule has 0 aliphatic rings. The maximum absolute atomic E-state index is 11.5. The van der Waals surface area contributed by atoms with E-state index in [1.807, 2.05) is 0 Å². The van der Waals surface area contributed by atoms with Gasteiger partial charge in [0, 0.05) is 18.6 Å². The number of non-ortho nitro benzene ring substituents is 1. The van der Waals surface area contributed by atoms with E-state index in [9.17, 15) is 24.8 Å². The summed E-state index contributed by atoms with van der Waals surface area (Å²) in [7, 11) is 0. The Bertz CT molecular complexity index is 525. The summed E-state index contributed by atoms with van der Waals surface area (Å²) in [6.07, 6.45) is -0.542. The molecule has 1 aromatic rings. The van der Waals surface area contributed by atoms with E-state index in [2.05, 4.69) is 4.74 Å². The van der Waals surface area contributed by atoms with Gasteiger partial charge in [-0.05, 0) is 12.5 Å². The van der Waals surface area contributed by atoms with Gasteiger partial charge in [-0.2, -0.15) is 0 Å². The summed E-state index contributed by atoms with van der Waals surface area (Å²) in [5, 5.41) is 29.4. The van der Waals surface area contributed by atoms with Gasteiger partial charge < -0.3 is 14.9 Å². The number of aliphatic carboxylic acids is 1. The quantitative estimate of drug-likeness (QED) is 0.337. The Balaban J connectivity index is 2.99. The first kappa shape index (κ1) is 15.6. The standard InChI is InChI=1S/C12H13NO7/c1-2-20-11(16)12(17,10(14)15)7-8-3-5-9(6-4-8)13(18)19/h3-6,17H,2,7H2,1H3,(H,14,15)/t12-/m0/s1. The number of esters is 1. The number of carbonyl (C=O) groups excluding carboxylic acids is 1. The van der Waals surface area contributed by atoms with Gasteiger partial charge in [0.15, 0.2) is 0 Å². The predicted molar refractivity (Wildman–Crippen MR) is 66.0 cm³/mol. The third-order valence-corrected chi connectivity index (χ3v) is 2.57. The zero-order chi connectivity index (χ0) is 15.3.